The first-order valence-corrected chi connectivity index (χ1v) is 8.12. The number of hydrogen-bond donors (Lipinski definition) is 1. The zero-order valence-electron chi connectivity index (χ0n) is 14.2. The Balaban J connectivity index is 2.01. The van der Waals surface area contributed by atoms with Crippen LogP contribution >= 0.6 is 0 Å². The van der Waals surface area contributed by atoms with Crippen molar-refractivity contribution in [2.45, 2.75) is 32.8 Å². The molecule has 3 rings (SSSR count). The number of nitrogens with zero attached hydrogens (tertiary/aromatic N) is 1. The molecular weight excluding hydrogens is 302 g/mol. The van der Waals surface area contributed by atoms with E-state index in [1.165, 1.54) is 4.90 Å². The maximum Gasteiger partial charge on any atom is 0.264 e. The molecule has 124 valence electrons. The molecule has 0 radical (unpaired) electrons. The summed E-state index contributed by atoms with van der Waals surface area (Å²) in [5.74, 6) is -0.648. The molecular formula is C20H21NO3. The lowest BCUT2D eigenvalue weighted by atomic mass is 9.87. The van der Waals surface area contributed by atoms with Crippen LogP contribution in [0.4, 0.5) is 5.69 Å². The van der Waals surface area contributed by atoms with Crippen molar-refractivity contribution in [1.82, 2.24) is 0 Å². The maximum atomic E-state index is 12.8. The number of carbonyl (C=O) groups excluding carboxylic acids is 2. The van der Waals surface area contributed by atoms with Crippen LogP contribution in [0.15, 0.2) is 42.5 Å². The molecule has 0 bridgehead atoms. The number of benzene rings is 2. The van der Waals surface area contributed by atoms with Crippen LogP contribution in [0.5, 0.6) is 0 Å². The van der Waals surface area contributed by atoms with Crippen LogP contribution in [0, 0.1) is 13.8 Å². The average molecular weight is 323 g/mol. The van der Waals surface area contributed by atoms with E-state index in [9.17, 15) is 14.7 Å². The first-order chi connectivity index (χ1) is 11.4. The summed E-state index contributed by atoms with van der Waals surface area (Å²) in [6.07, 6.45) is -0.246. The van der Waals surface area contributed by atoms with E-state index in [2.05, 4.69) is 0 Å². The average Bonchev–Trinajstić information content (AvgIpc) is 2.78. The molecule has 4 heteroatoms. The lowest BCUT2D eigenvalue weighted by molar-refractivity contribution is -0.135. The molecule has 2 aromatic rings. The van der Waals surface area contributed by atoms with E-state index in [0.29, 0.717) is 23.4 Å². The number of para-hydroxylation sites is 1. The summed E-state index contributed by atoms with van der Waals surface area (Å²) in [4.78, 5) is 27.1. The number of anilines is 1. The van der Waals surface area contributed by atoms with Gasteiger partial charge in [-0.15, -0.1) is 0 Å². The third-order valence-electron chi connectivity index (χ3n) is 4.67. The number of carbonyl (C=O) groups is 2. The lowest BCUT2D eigenvalue weighted by Gasteiger charge is -2.22. The Morgan fingerprint density at radius 1 is 1.17 bits per heavy atom. The second kappa shape index (κ2) is 5.87. The zero-order valence-corrected chi connectivity index (χ0v) is 14.2. The number of likely N-dealkylation sites (N-methyl/N-ethyl adjacent to an activating group) is 1. The predicted molar refractivity (Wildman–Crippen MR) is 93.2 cm³/mol. The van der Waals surface area contributed by atoms with E-state index >= 15 is 0 Å². The van der Waals surface area contributed by atoms with Gasteiger partial charge in [-0.3, -0.25) is 9.59 Å². The van der Waals surface area contributed by atoms with Crippen LogP contribution in [0.3, 0.4) is 0 Å². The Bertz CT molecular complexity index is 827. The molecule has 0 saturated carbocycles. The Morgan fingerprint density at radius 3 is 2.58 bits per heavy atom. The molecule has 0 saturated heterocycles. The van der Waals surface area contributed by atoms with Crippen molar-refractivity contribution in [3.8, 4) is 0 Å². The summed E-state index contributed by atoms with van der Waals surface area (Å²) >= 11 is 0. The van der Waals surface area contributed by atoms with Crippen molar-refractivity contribution in [3.63, 3.8) is 0 Å². The molecule has 1 aliphatic rings. The van der Waals surface area contributed by atoms with Gasteiger partial charge >= 0.3 is 0 Å². The van der Waals surface area contributed by atoms with E-state index < -0.39 is 11.5 Å². The Labute approximate surface area is 141 Å². The van der Waals surface area contributed by atoms with Crippen LogP contribution in [0.2, 0.25) is 0 Å². The molecule has 4 nitrogen and oxygen atoms in total. The van der Waals surface area contributed by atoms with E-state index in [0.717, 1.165) is 11.1 Å². The largest absolute Gasteiger partial charge is 0.375 e. The zero-order chi connectivity index (χ0) is 17.5. The van der Waals surface area contributed by atoms with Gasteiger partial charge in [0.15, 0.2) is 11.4 Å². The topological polar surface area (TPSA) is 57.6 Å². The van der Waals surface area contributed by atoms with E-state index in [1.807, 2.05) is 45.0 Å². The second-order valence-corrected chi connectivity index (χ2v) is 6.35. The third kappa shape index (κ3) is 2.43. The Hall–Kier alpha value is -2.46. The molecule has 1 amide bonds. The highest BCUT2D eigenvalue weighted by Crippen LogP contribution is 2.42. The molecule has 2 aromatic carbocycles. The molecule has 1 atom stereocenters. The minimum Gasteiger partial charge on any atom is -0.375 e. The number of hydrogen-bond acceptors (Lipinski definition) is 3. The molecule has 0 unspecified atom stereocenters. The molecule has 0 aliphatic carbocycles. The lowest BCUT2D eigenvalue weighted by Crippen LogP contribution is -2.41. The molecule has 0 fully saturated rings. The fraction of sp³-hybridized carbons (Fsp3) is 0.300. The first kappa shape index (κ1) is 16.4. The number of aryl methyl sites for hydroxylation is 2. The van der Waals surface area contributed by atoms with Crippen molar-refractivity contribution in [2.75, 3.05) is 11.4 Å². The van der Waals surface area contributed by atoms with E-state index in [1.54, 1.807) is 18.2 Å². The first-order valence-electron chi connectivity index (χ1n) is 8.12. The summed E-state index contributed by atoms with van der Waals surface area (Å²) in [7, 11) is 0. The molecule has 1 heterocycles. The molecule has 24 heavy (non-hydrogen) atoms. The highest BCUT2D eigenvalue weighted by Gasteiger charge is 2.50. The number of aliphatic hydroxyl groups is 1. The van der Waals surface area contributed by atoms with Gasteiger partial charge in [-0.1, -0.05) is 35.9 Å². The van der Waals surface area contributed by atoms with Crippen LogP contribution in [0.25, 0.3) is 0 Å². The third-order valence-corrected chi connectivity index (χ3v) is 4.67. The van der Waals surface area contributed by atoms with Crippen molar-refractivity contribution in [2.24, 2.45) is 0 Å². The normalized spacial score (nSPS) is 19.5. The summed E-state index contributed by atoms with van der Waals surface area (Å²) in [6, 6.07) is 12.8. The molecule has 0 aromatic heterocycles. The van der Waals surface area contributed by atoms with Gasteiger partial charge < -0.3 is 10.0 Å². The summed E-state index contributed by atoms with van der Waals surface area (Å²) in [5, 5.41) is 11.1. The minimum absolute atomic E-state index is 0.222. The molecule has 0 spiro atoms. The van der Waals surface area contributed by atoms with Gasteiger partial charge in [0.05, 0.1) is 12.1 Å². The summed E-state index contributed by atoms with van der Waals surface area (Å²) in [6.45, 7) is 6.09. The highest BCUT2D eigenvalue weighted by molar-refractivity contribution is 6.11. The van der Waals surface area contributed by atoms with Gasteiger partial charge in [0.1, 0.15) is 0 Å². The standard InChI is InChI=1S/C20H21NO3/c1-4-21-17-8-6-5-7-16(17)20(24,19(21)23)12-18(22)15-11-13(2)9-10-14(15)3/h5-11,24H,4,12H2,1-3H3/t20-/m1/s1. The fourth-order valence-corrected chi connectivity index (χ4v) is 3.36. The van der Waals surface area contributed by atoms with Crippen molar-refractivity contribution in [1.29, 1.82) is 0 Å². The number of fused-ring (bicyclic) bond motifs is 1. The molecule has 1 N–H and O–H groups in total. The van der Waals surface area contributed by atoms with E-state index in [4.69, 9.17) is 0 Å². The van der Waals surface area contributed by atoms with Crippen molar-refractivity contribution >= 4 is 17.4 Å². The monoisotopic (exact) mass is 323 g/mol. The minimum atomic E-state index is -1.79. The van der Waals surface area contributed by atoms with Crippen LogP contribution in [-0.4, -0.2) is 23.3 Å². The van der Waals surface area contributed by atoms with Crippen molar-refractivity contribution in [3.05, 3.63) is 64.7 Å². The second-order valence-electron chi connectivity index (χ2n) is 6.35. The number of amides is 1. The highest BCUT2D eigenvalue weighted by atomic mass is 16.3. The van der Waals surface area contributed by atoms with Gasteiger partial charge in [0, 0.05) is 17.7 Å². The van der Waals surface area contributed by atoms with Gasteiger partial charge in [0.2, 0.25) is 0 Å². The van der Waals surface area contributed by atoms with Gasteiger partial charge in [-0.2, -0.15) is 0 Å². The summed E-state index contributed by atoms with van der Waals surface area (Å²) < 4.78 is 0. The predicted octanol–water partition coefficient (Wildman–Crippen LogP) is 3.13. The Morgan fingerprint density at radius 2 is 1.88 bits per heavy atom. The van der Waals surface area contributed by atoms with Crippen LogP contribution < -0.4 is 4.90 Å². The number of rotatable bonds is 4. The van der Waals surface area contributed by atoms with Crippen LogP contribution in [-0.2, 0) is 10.4 Å². The number of ketones is 1. The number of Topliss-reactive ketones (excluding diaryl/α,β-unsaturated/α-hetero) is 1. The smallest absolute Gasteiger partial charge is 0.264 e. The van der Waals surface area contributed by atoms with E-state index in [-0.39, 0.29) is 12.2 Å². The van der Waals surface area contributed by atoms with Crippen molar-refractivity contribution < 1.29 is 14.7 Å². The summed E-state index contributed by atoms with van der Waals surface area (Å²) in [5.41, 5.74) is 1.78. The van der Waals surface area contributed by atoms with Crippen LogP contribution in [0.1, 0.15) is 40.4 Å². The quantitative estimate of drug-likeness (QED) is 0.880. The van der Waals surface area contributed by atoms with Gasteiger partial charge in [0.25, 0.3) is 5.91 Å². The van der Waals surface area contributed by atoms with Gasteiger partial charge in [-0.05, 0) is 38.5 Å². The fourth-order valence-electron chi connectivity index (χ4n) is 3.36. The maximum absolute atomic E-state index is 12.8. The Kier molecular flexibility index (Phi) is 4.01. The molecule has 1 aliphatic heterocycles. The van der Waals surface area contributed by atoms with Gasteiger partial charge in [-0.25, -0.2) is 0 Å². The SMILES string of the molecule is CCN1C(=O)[C@@](O)(CC(=O)c2cc(C)ccc2C)c2ccccc21.